The van der Waals surface area contributed by atoms with Crippen molar-refractivity contribution in [3.05, 3.63) is 53.5 Å². The van der Waals surface area contributed by atoms with E-state index in [1.165, 1.54) is 25.3 Å². The zero-order valence-corrected chi connectivity index (χ0v) is 12.1. The summed E-state index contributed by atoms with van der Waals surface area (Å²) in [5.74, 6) is -0.677. The van der Waals surface area contributed by atoms with Gasteiger partial charge < -0.3 is 14.5 Å². The van der Waals surface area contributed by atoms with Crippen molar-refractivity contribution in [1.82, 2.24) is 0 Å². The first-order valence-corrected chi connectivity index (χ1v) is 6.57. The number of rotatable bonds is 4. The smallest absolute Gasteiger partial charge is 0.342 e. The highest BCUT2D eigenvalue weighted by molar-refractivity contribution is 5.97. The van der Waals surface area contributed by atoms with Crippen LogP contribution in [0.3, 0.4) is 0 Å². The van der Waals surface area contributed by atoms with Gasteiger partial charge in [-0.05, 0) is 38.1 Å². The lowest BCUT2D eigenvalue weighted by Crippen LogP contribution is -2.30. The van der Waals surface area contributed by atoms with Crippen LogP contribution in [0.2, 0.25) is 0 Å². The van der Waals surface area contributed by atoms with Crippen LogP contribution in [0.5, 0.6) is 0 Å². The van der Waals surface area contributed by atoms with Gasteiger partial charge in [-0.1, -0.05) is 6.07 Å². The van der Waals surface area contributed by atoms with Crippen molar-refractivity contribution < 1.29 is 18.7 Å². The molecule has 1 amide bonds. The Morgan fingerprint density at radius 1 is 1.36 bits per heavy atom. The fourth-order valence-electron chi connectivity index (χ4n) is 1.78. The Kier molecular flexibility index (Phi) is 4.59. The third-order valence-corrected chi connectivity index (χ3v) is 2.99. The van der Waals surface area contributed by atoms with E-state index in [0.717, 1.165) is 0 Å². The van der Waals surface area contributed by atoms with Gasteiger partial charge in [0.15, 0.2) is 6.10 Å². The molecule has 6 nitrogen and oxygen atoms in total. The van der Waals surface area contributed by atoms with E-state index in [9.17, 15) is 9.59 Å². The quantitative estimate of drug-likeness (QED) is 0.876. The molecule has 22 heavy (non-hydrogen) atoms. The maximum Gasteiger partial charge on any atom is 0.342 e. The molecule has 1 atom stereocenters. The Hall–Kier alpha value is -3.07. The molecule has 1 aromatic carbocycles. The molecule has 1 unspecified atom stereocenters. The van der Waals surface area contributed by atoms with Crippen LogP contribution in [0.15, 0.2) is 41.0 Å². The highest BCUT2D eigenvalue weighted by atomic mass is 16.5. The number of nitrogens with zero attached hydrogens (tertiary/aromatic N) is 1. The molecule has 1 heterocycles. The Morgan fingerprint density at radius 2 is 2.14 bits per heavy atom. The van der Waals surface area contributed by atoms with Crippen LogP contribution in [-0.2, 0) is 9.53 Å². The standard InChI is InChI=1S/C16H14N2O4/c1-10-14(6-7-21-10)16(20)22-11(2)15(19)18-13-5-3-4-12(8-13)9-17/h3-8,11H,1-2H3,(H,18,19). The minimum Gasteiger partial charge on any atom is -0.469 e. The van der Waals surface area contributed by atoms with Gasteiger partial charge in [0.2, 0.25) is 0 Å². The van der Waals surface area contributed by atoms with Crippen LogP contribution < -0.4 is 5.32 Å². The van der Waals surface area contributed by atoms with Crippen LogP contribution >= 0.6 is 0 Å². The second kappa shape index (κ2) is 6.59. The van der Waals surface area contributed by atoms with Gasteiger partial charge in [-0.2, -0.15) is 5.26 Å². The first-order chi connectivity index (χ1) is 10.5. The van der Waals surface area contributed by atoms with E-state index in [-0.39, 0.29) is 5.56 Å². The van der Waals surface area contributed by atoms with E-state index in [1.807, 2.05) is 6.07 Å². The van der Waals surface area contributed by atoms with Gasteiger partial charge in [-0.15, -0.1) is 0 Å². The van der Waals surface area contributed by atoms with Crippen LogP contribution in [0, 0.1) is 18.3 Å². The molecule has 0 fully saturated rings. The molecule has 0 radical (unpaired) electrons. The molecule has 0 aliphatic rings. The highest BCUT2D eigenvalue weighted by Gasteiger charge is 2.21. The molecule has 0 bridgehead atoms. The largest absolute Gasteiger partial charge is 0.469 e. The first kappa shape index (κ1) is 15.3. The second-order valence-corrected chi connectivity index (χ2v) is 4.62. The summed E-state index contributed by atoms with van der Waals surface area (Å²) in [6.45, 7) is 3.10. The van der Waals surface area contributed by atoms with E-state index < -0.39 is 18.0 Å². The first-order valence-electron chi connectivity index (χ1n) is 6.57. The molecule has 0 aliphatic carbocycles. The molecule has 112 valence electrons. The minimum absolute atomic E-state index is 0.283. The summed E-state index contributed by atoms with van der Waals surface area (Å²) >= 11 is 0. The number of benzene rings is 1. The van der Waals surface area contributed by atoms with Crippen molar-refractivity contribution in [3.63, 3.8) is 0 Å². The number of nitrogens with one attached hydrogen (secondary N) is 1. The third-order valence-electron chi connectivity index (χ3n) is 2.99. The van der Waals surface area contributed by atoms with Crippen LogP contribution in [-0.4, -0.2) is 18.0 Å². The molecule has 0 saturated heterocycles. The van der Waals surface area contributed by atoms with Gasteiger partial charge in [0.05, 0.1) is 17.9 Å². The predicted molar refractivity (Wildman–Crippen MR) is 78.1 cm³/mol. The number of amides is 1. The minimum atomic E-state index is -0.979. The number of furan rings is 1. The van der Waals surface area contributed by atoms with Crippen LogP contribution in [0.25, 0.3) is 0 Å². The molecule has 0 saturated carbocycles. The normalized spacial score (nSPS) is 11.3. The number of ether oxygens (including phenoxy) is 1. The van der Waals surface area contributed by atoms with E-state index in [0.29, 0.717) is 17.0 Å². The van der Waals surface area contributed by atoms with Gasteiger partial charge in [-0.25, -0.2) is 4.79 Å². The van der Waals surface area contributed by atoms with Gasteiger partial charge in [-0.3, -0.25) is 4.79 Å². The third kappa shape index (κ3) is 3.52. The molecular formula is C16H14N2O4. The van der Waals surface area contributed by atoms with Gasteiger partial charge in [0, 0.05) is 5.69 Å². The van der Waals surface area contributed by atoms with Crippen LogP contribution in [0.1, 0.15) is 28.6 Å². The average Bonchev–Trinajstić information content (AvgIpc) is 2.93. The Morgan fingerprint density at radius 3 is 2.77 bits per heavy atom. The maximum absolute atomic E-state index is 12.0. The Labute approximate surface area is 127 Å². The van der Waals surface area contributed by atoms with Crippen molar-refractivity contribution in [1.29, 1.82) is 5.26 Å². The van der Waals surface area contributed by atoms with Crippen LogP contribution in [0.4, 0.5) is 5.69 Å². The summed E-state index contributed by atoms with van der Waals surface area (Å²) in [7, 11) is 0. The summed E-state index contributed by atoms with van der Waals surface area (Å²) in [6.07, 6.45) is 0.400. The van der Waals surface area contributed by atoms with E-state index in [1.54, 1.807) is 25.1 Å². The number of carbonyl (C=O) groups excluding carboxylic acids is 2. The fraction of sp³-hybridized carbons (Fsp3) is 0.188. The molecular weight excluding hydrogens is 284 g/mol. The van der Waals surface area contributed by atoms with Crippen molar-refractivity contribution in [2.24, 2.45) is 0 Å². The topological polar surface area (TPSA) is 92.3 Å². The number of anilines is 1. The second-order valence-electron chi connectivity index (χ2n) is 4.62. The fourth-order valence-corrected chi connectivity index (χ4v) is 1.78. The van der Waals surface area contributed by atoms with E-state index >= 15 is 0 Å². The highest BCUT2D eigenvalue weighted by Crippen LogP contribution is 2.13. The number of hydrogen-bond donors (Lipinski definition) is 1. The van der Waals surface area contributed by atoms with E-state index in [4.69, 9.17) is 14.4 Å². The number of carbonyl (C=O) groups is 2. The zero-order valence-electron chi connectivity index (χ0n) is 12.1. The summed E-state index contributed by atoms with van der Waals surface area (Å²) in [5.41, 5.74) is 1.18. The monoisotopic (exact) mass is 298 g/mol. The molecule has 2 rings (SSSR count). The van der Waals surface area contributed by atoms with Crippen molar-refractivity contribution in [2.75, 3.05) is 5.32 Å². The Bertz CT molecular complexity index is 743. The molecule has 6 heteroatoms. The summed E-state index contributed by atoms with van der Waals surface area (Å²) < 4.78 is 10.1. The lowest BCUT2D eigenvalue weighted by molar-refractivity contribution is -0.123. The van der Waals surface area contributed by atoms with Gasteiger partial charge >= 0.3 is 5.97 Å². The predicted octanol–water partition coefficient (Wildman–Crippen LogP) is 2.64. The summed E-state index contributed by atoms with van der Waals surface area (Å²) in [6, 6.07) is 9.92. The van der Waals surface area contributed by atoms with Gasteiger partial charge in [0.25, 0.3) is 5.91 Å². The summed E-state index contributed by atoms with van der Waals surface area (Å²) in [4.78, 5) is 23.9. The van der Waals surface area contributed by atoms with Crippen molar-refractivity contribution in [3.8, 4) is 6.07 Å². The van der Waals surface area contributed by atoms with Crippen molar-refractivity contribution in [2.45, 2.75) is 20.0 Å². The number of hydrogen-bond acceptors (Lipinski definition) is 5. The molecule has 0 aliphatic heterocycles. The number of esters is 1. The summed E-state index contributed by atoms with van der Waals surface area (Å²) in [5, 5.41) is 11.4. The van der Waals surface area contributed by atoms with E-state index in [2.05, 4.69) is 5.32 Å². The Balaban J connectivity index is 1.99. The number of aryl methyl sites for hydroxylation is 1. The molecule has 0 spiro atoms. The number of nitriles is 1. The maximum atomic E-state index is 12.0. The zero-order chi connectivity index (χ0) is 16.1. The lowest BCUT2D eigenvalue weighted by Gasteiger charge is -2.13. The average molecular weight is 298 g/mol. The molecule has 1 aromatic heterocycles. The van der Waals surface area contributed by atoms with Gasteiger partial charge in [0.1, 0.15) is 11.3 Å². The molecule has 1 N–H and O–H groups in total. The lowest BCUT2D eigenvalue weighted by atomic mass is 10.2. The van der Waals surface area contributed by atoms with Crippen molar-refractivity contribution >= 4 is 17.6 Å². The SMILES string of the molecule is Cc1occc1C(=O)OC(C)C(=O)Nc1cccc(C#N)c1. The molecule has 2 aromatic rings.